The third-order valence-electron chi connectivity index (χ3n) is 7.54. The summed E-state index contributed by atoms with van der Waals surface area (Å²) in [5.74, 6) is 1.77. The summed E-state index contributed by atoms with van der Waals surface area (Å²) in [5, 5.41) is 4.62. The predicted molar refractivity (Wildman–Crippen MR) is 102 cm³/mol. The Bertz CT molecular complexity index is 697. The third kappa shape index (κ3) is 2.57. The van der Waals surface area contributed by atoms with Gasteiger partial charge in [-0.1, -0.05) is 6.92 Å². The van der Waals surface area contributed by atoms with Gasteiger partial charge in [0, 0.05) is 26.2 Å². The molecule has 0 spiro atoms. The Morgan fingerprint density at radius 2 is 1.88 bits per heavy atom. The fourth-order valence-electron chi connectivity index (χ4n) is 6.81. The normalized spacial score (nSPS) is 39.5. The first-order valence-corrected chi connectivity index (χ1v) is 10.9. The van der Waals surface area contributed by atoms with Crippen LogP contribution in [0.25, 0.3) is 0 Å². The minimum Gasteiger partial charge on any atom is -0.340 e. The zero-order valence-electron chi connectivity index (χ0n) is 15.5. The molecule has 4 saturated carbocycles. The summed E-state index contributed by atoms with van der Waals surface area (Å²) in [6.07, 6.45) is 8.64. The SMILES string of the molecule is CCN1CCN(C(=O)C23C[C@@H]4C[C@@H](C2)CC(n2cnc(Br)n2)(C4)C3)CC1. The van der Waals surface area contributed by atoms with E-state index < -0.39 is 0 Å². The fraction of sp³-hybridized carbons (Fsp3) is 0.842. The minimum absolute atomic E-state index is 0.00397. The largest absolute Gasteiger partial charge is 0.340 e. The van der Waals surface area contributed by atoms with E-state index in [1.54, 1.807) is 0 Å². The zero-order valence-corrected chi connectivity index (χ0v) is 17.1. The first kappa shape index (κ1) is 17.2. The van der Waals surface area contributed by atoms with E-state index in [4.69, 9.17) is 0 Å². The molecule has 4 bridgehead atoms. The molecule has 1 aromatic heterocycles. The molecule has 5 aliphatic rings. The van der Waals surface area contributed by atoms with Crippen molar-refractivity contribution in [2.45, 2.75) is 51.0 Å². The summed E-state index contributed by atoms with van der Waals surface area (Å²) in [4.78, 5) is 22.6. The number of amides is 1. The number of carbonyl (C=O) groups is 1. The van der Waals surface area contributed by atoms with Crippen LogP contribution in [0, 0.1) is 17.3 Å². The second-order valence-electron chi connectivity index (χ2n) is 9.15. The van der Waals surface area contributed by atoms with Crippen LogP contribution in [-0.4, -0.2) is 63.2 Å². The van der Waals surface area contributed by atoms with Gasteiger partial charge in [0.2, 0.25) is 10.6 Å². The van der Waals surface area contributed by atoms with Gasteiger partial charge in [-0.25, -0.2) is 9.67 Å². The Morgan fingerprint density at radius 3 is 2.46 bits per heavy atom. The molecule has 0 radical (unpaired) electrons. The molecule has 1 aliphatic heterocycles. The van der Waals surface area contributed by atoms with E-state index in [9.17, 15) is 4.79 Å². The van der Waals surface area contributed by atoms with Crippen LogP contribution >= 0.6 is 15.9 Å². The first-order valence-electron chi connectivity index (χ1n) is 10.1. The molecule has 4 aliphatic carbocycles. The van der Waals surface area contributed by atoms with Crippen LogP contribution < -0.4 is 0 Å². The van der Waals surface area contributed by atoms with Crippen molar-refractivity contribution in [2.75, 3.05) is 32.7 Å². The summed E-state index contributed by atoms with van der Waals surface area (Å²) in [6, 6.07) is 0. The van der Waals surface area contributed by atoms with Crippen molar-refractivity contribution in [1.29, 1.82) is 0 Å². The molecule has 0 unspecified atom stereocenters. The van der Waals surface area contributed by atoms with Crippen molar-refractivity contribution < 1.29 is 4.79 Å². The number of nitrogens with zero attached hydrogens (tertiary/aromatic N) is 5. The van der Waals surface area contributed by atoms with Gasteiger partial charge < -0.3 is 9.80 Å². The number of aromatic nitrogens is 3. The Balaban J connectivity index is 1.43. The van der Waals surface area contributed by atoms with Crippen molar-refractivity contribution in [2.24, 2.45) is 17.3 Å². The van der Waals surface area contributed by atoms with E-state index in [0.717, 1.165) is 64.8 Å². The lowest BCUT2D eigenvalue weighted by molar-refractivity contribution is -0.168. The summed E-state index contributed by atoms with van der Waals surface area (Å²) in [6.45, 7) is 7.12. The summed E-state index contributed by atoms with van der Waals surface area (Å²) >= 11 is 3.41. The molecule has 26 heavy (non-hydrogen) atoms. The van der Waals surface area contributed by atoms with Gasteiger partial charge in [-0.3, -0.25) is 4.79 Å². The molecule has 6 nitrogen and oxygen atoms in total. The van der Waals surface area contributed by atoms with E-state index in [-0.39, 0.29) is 11.0 Å². The Morgan fingerprint density at radius 1 is 1.19 bits per heavy atom. The maximum atomic E-state index is 13.7. The third-order valence-corrected chi connectivity index (χ3v) is 7.90. The smallest absolute Gasteiger partial charge is 0.228 e. The molecule has 1 aromatic rings. The van der Waals surface area contributed by atoms with Crippen molar-refractivity contribution in [3.63, 3.8) is 0 Å². The predicted octanol–water partition coefficient (Wildman–Crippen LogP) is 2.50. The fourth-order valence-corrected chi connectivity index (χ4v) is 7.07. The molecule has 5 fully saturated rings. The van der Waals surface area contributed by atoms with Crippen LogP contribution in [0.3, 0.4) is 0 Å². The van der Waals surface area contributed by atoms with E-state index in [0.29, 0.717) is 22.5 Å². The summed E-state index contributed by atoms with van der Waals surface area (Å²) in [5.41, 5.74) is -0.152. The van der Waals surface area contributed by atoms with Crippen molar-refractivity contribution >= 4 is 21.8 Å². The molecule has 0 N–H and O–H groups in total. The molecule has 6 rings (SSSR count). The number of hydrogen-bond donors (Lipinski definition) is 0. The number of hydrogen-bond acceptors (Lipinski definition) is 4. The van der Waals surface area contributed by atoms with E-state index >= 15 is 0 Å². The molecule has 7 heteroatoms. The molecule has 142 valence electrons. The number of likely N-dealkylation sites (N-methyl/N-ethyl adjacent to an activating group) is 1. The van der Waals surface area contributed by atoms with Crippen molar-refractivity contribution in [3.05, 3.63) is 11.1 Å². The quantitative estimate of drug-likeness (QED) is 0.751. The molecular weight excluding hydrogens is 394 g/mol. The molecular formula is C19H28BrN5O. The summed E-state index contributed by atoms with van der Waals surface area (Å²) < 4.78 is 2.75. The summed E-state index contributed by atoms with van der Waals surface area (Å²) in [7, 11) is 0. The maximum Gasteiger partial charge on any atom is 0.228 e. The lowest BCUT2D eigenvalue weighted by Gasteiger charge is -2.61. The van der Waals surface area contributed by atoms with Gasteiger partial charge in [0.05, 0.1) is 11.0 Å². The minimum atomic E-state index is -0.156. The number of piperazine rings is 1. The van der Waals surface area contributed by atoms with E-state index in [2.05, 4.69) is 47.4 Å². The number of carbonyl (C=O) groups excluding carboxylic acids is 1. The second-order valence-corrected chi connectivity index (χ2v) is 9.86. The monoisotopic (exact) mass is 421 g/mol. The van der Waals surface area contributed by atoms with Gasteiger partial charge in [-0.15, -0.1) is 5.10 Å². The first-order chi connectivity index (χ1) is 12.5. The lowest BCUT2D eigenvalue weighted by Crippen LogP contribution is -2.63. The van der Waals surface area contributed by atoms with Gasteiger partial charge in [0.1, 0.15) is 6.33 Å². The highest BCUT2D eigenvalue weighted by molar-refractivity contribution is 9.10. The maximum absolute atomic E-state index is 13.7. The second kappa shape index (κ2) is 6.03. The van der Waals surface area contributed by atoms with Gasteiger partial charge in [-0.05, 0) is 72.8 Å². The van der Waals surface area contributed by atoms with Gasteiger partial charge in [-0.2, -0.15) is 0 Å². The Hall–Kier alpha value is -0.950. The number of rotatable bonds is 3. The molecule has 0 aromatic carbocycles. The van der Waals surface area contributed by atoms with Crippen molar-refractivity contribution in [3.8, 4) is 0 Å². The topological polar surface area (TPSA) is 54.3 Å². The molecule has 1 saturated heterocycles. The van der Waals surface area contributed by atoms with Crippen LogP contribution in [0.1, 0.15) is 45.4 Å². The lowest BCUT2D eigenvalue weighted by atomic mass is 9.46. The average Bonchev–Trinajstić information content (AvgIpc) is 3.07. The molecule has 2 heterocycles. The van der Waals surface area contributed by atoms with Gasteiger partial charge in [0.15, 0.2) is 0 Å². The zero-order chi connectivity index (χ0) is 17.9. The molecule has 1 amide bonds. The van der Waals surface area contributed by atoms with Crippen LogP contribution in [0.15, 0.2) is 11.1 Å². The van der Waals surface area contributed by atoms with E-state index in [1.807, 2.05) is 6.33 Å². The van der Waals surface area contributed by atoms with Crippen LogP contribution in [-0.2, 0) is 10.3 Å². The van der Waals surface area contributed by atoms with Crippen LogP contribution in [0.4, 0.5) is 0 Å². The van der Waals surface area contributed by atoms with Gasteiger partial charge >= 0.3 is 0 Å². The standard InChI is InChI=1S/C19H28BrN5O/c1-2-23-3-5-24(6-4-23)16(26)18-8-14-7-15(9-18)11-19(10-14,12-18)25-13-21-17(20)22-25/h13-15H,2-12H2,1H3/t14-,15-,18?,19?/m0/s1. The van der Waals surface area contributed by atoms with Crippen LogP contribution in [0.5, 0.6) is 0 Å². The van der Waals surface area contributed by atoms with E-state index in [1.165, 1.54) is 6.42 Å². The average molecular weight is 422 g/mol. The Kier molecular flexibility index (Phi) is 3.98. The molecule has 2 atom stereocenters. The van der Waals surface area contributed by atoms with Crippen molar-refractivity contribution in [1.82, 2.24) is 24.6 Å². The highest BCUT2D eigenvalue weighted by atomic mass is 79.9. The number of halogens is 1. The van der Waals surface area contributed by atoms with Crippen LogP contribution in [0.2, 0.25) is 0 Å². The highest BCUT2D eigenvalue weighted by Gasteiger charge is 2.62. The van der Waals surface area contributed by atoms with Gasteiger partial charge in [0.25, 0.3) is 0 Å². The highest BCUT2D eigenvalue weighted by Crippen LogP contribution is 2.64. The Labute approximate surface area is 163 Å².